The number of fused-ring (bicyclic) bond motifs is 1. The van der Waals surface area contributed by atoms with Crippen LogP contribution in [0.2, 0.25) is 0 Å². The van der Waals surface area contributed by atoms with Crippen molar-refractivity contribution >= 4 is 44.0 Å². The standard InChI is InChI=1S/C27H25N3O6S/c1-35-24-11-5-3-9-20(24)29-37(33,34)26-16-18(12-13-21(26)30-14-6-7-15-30)28-27(32)25-17-22(31)19-8-2-4-10-23(19)36-25/h2-5,8-13,16-17,29H,6-7,14-15H2,1H3,(H,28,32). The van der Waals surface area contributed by atoms with Crippen molar-refractivity contribution in [3.05, 3.63) is 88.8 Å². The molecule has 1 aliphatic heterocycles. The number of ether oxygens (including phenoxy) is 1. The molecule has 190 valence electrons. The van der Waals surface area contributed by atoms with E-state index in [1.165, 1.54) is 13.2 Å². The van der Waals surface area contributed by atoms with Crippen molar-refractivity contribution in [3.8, 4) is 5.75 Å². The molecule has 0 spiro atoms. The van der Waals surface area contributed by atoms with Crippen LogP contribution < -0.4 is 25.1 Å². The quantitative estimate of drug-likeness (QED) is 0.370. The zero-order valence-corrected chi connectivity index (χ0v) is 20.9. The molecule has 9 nitrogen and oxygen atoms in total. The van der Waals surface area contributed by atoms with E-state index < -0.39 is 15.9 Å². The normalized spacial score (nSPS) is 13.5. The monoisotopic (exact) mass is 519 g/mol. The van der Waals surface area contributed by atoms with Gasteiger partial charge in [-0.25, -0.2) is 8.42 Å². The van der Waals surface area contributed by atoms with Crippen LogP contribution in [-0.4, -0.2) is 34.5 Å². The fourth-order valence-electron chi connectivity index (χ4n) is 4.36. The number of hydrogen-bond acceptors (Lipinski definition) is 7. The van der Waals surface area contributed by atoms with Crippen LogP contribution in [0.3, 0.4) is 0 Å². The van der Waals surface area contributed by atoms with E-state index in [0.29, 0.717) is 22.5 Å². The molecule has 0 aliphatic carbocycles. The Kier molecular flexibility index (Phi) is 6.58. The van der Waals surface area contributed by atoms with Crippen LogP contribution in [0.15, 0.2) is 86.9 Å². The van der Waals surface area contributed by atoms with Crippen molar-refractivity contribution in [1.29, 1.82) is 0 Å². The van der Waals surface area contributed by atoms with Gasteiger partial charge in [-0.3, -0.25) is 14.3 Å². The minimum atomic E-state index is -4.07. The molecule has 3 aromatic carbocycles. The summed E-state index contributed by atoms with van der Waals surface area (Å²) in [6.07, 6.45) is 1.91. The second-order valence-corrected chi connectivity index (χ2v) is 10.3. The molecule has 37 heavy (non-hydrogen) atoms. The highest BCUT2D eigenvalue weighted by Crippen LogP contribution is 2.34. The molecule has 2 heterocycles. The molecule has 0 radical (unpaired) electrons. The molecule has 0 unspecified atom stereocenters. The van der Waals surface area contributed by atoms with Crippen molar-refractivity contribution in [2.75, 3.05) is 35.1 Å². The number of benzene rings is 3. The maximum atomic E-state index is 13.6. The molecule has 1 amide bonds. The van der Waals surface area contributed by atoms with Crippen LogP contribution in [0.1, 0.15) is 23.4 Å². The molecule has 5 rings (SSSR count). The van der Waals surface area contributed by atoms with Gasteiger partial charge in [-0.2, -0.15) is 0 Å². The minimum Gasteiger partial charge on any atom is -0.495 e. The van der Waals surface area contributed by atoms with Crippen molar-refractivity contribution in [2.45, 2.75) is 17.7 Å². The van der Waals surface area contributed by atoms with E-state index in [9.17, 15) is 18.0 Å². The maximum Gasteiger partial charge on any atom is 0.291 e. The highest BCUT2D eigenvalue weighted by molar-refractivity contribution is 7.93. The first kappa shape index (κ1) is 24.4. The van der Waals surface area contributed by atoms with Gasteiger partial charge in [-0.05, 0) is 55.3 Å². The summed E-state index contributed by atoms with van der Waals surface area (Å²) in [5.74, 6) is -0.466. The Bertz CT molecular complexity index is 1640. The fraction of sp³-hybridized carbons (Fsp3) is 0.185. The Hall–Kier alpha value is -4.31. The van der Waals surface area contributed by atoms with Gasteiger partial charge in [0.05, 0.1) is 23.9 Å². The SMILES string of the molecule is COc1ccccc1NS(=O)(=O)c1cc(NC(=O)c2cc(=O)c3ccccc3o2)ccc1N1CCCC1. The predicted molar refractivity (Wildman–Crippen MR) is 142 cm³/mol. The van der Waals surface area contributed by atoms with Gasteiger partial charge in [-0.15, -0.1) is 0 Å². The summed E-state index contributed by atoms with van der Waals surface area (Å²) < 4.78 is 40.7. The van der Waals surface area contributed by atoms with Crippen LogP contribution in [0.5, 0.6) is 5.75 Å². The molecule has 0 bridgehead atoms. The number of carbonyl (C=O) groups excluding carboxylic acids is 1. The van der Waals surface area contributed by atoms with Gasteiger partial charge in [0.15, 0.2) is 11.2 Å². The van der Waals surface area contributed by atoms with E-state index in [1.807, 2.05) is 4.90 Å². The Morgan fingerprint density at radius 2 is 1.70 bits per heavy atom. The van der Waals surface area contributed by atoms with E-state index >= 15 is 0 Å². The van der Waals surface area contributed by atoms with Gasteiger partial charge in [-0.1, -0.05) is 24.3 Å². The lowest BCUT2D eigenvalue weighted by molar-refractivity contribution is 0.0997. The summed E-state index contributed by atoms with van der Waals surface area (Å²) in [4.78, 5) is 27.4. The molecular formula is C27H25N3O6S. The number of hydrogen-bond donors (Lipinski definition) is 2. The lowest BCUT2D eigenvalue weighted by Gasteiger charge is -2.23. The van der Waals surface area contributed by atoms with Crippen molar-refractivity contribution < 1.29 is 22.4 Å². The van der Waals surface area contributed by atoms with E-state index in [4.69, 9.17) is 9.15 Å². The van der Waals surface area contributed by atoms with Crippen LogP contribution in [0.4, 0.5) is 17.1 Å². The Balaban J connectivity index is 1.50. The number of para-hydroxylation sites is 3. The van der Waals surface area contributed by atoms with E-state index in [1.54, 1.807) is 60.7 Å². The molecule has 0 atom stereocenters. The lowest BCUT2D eigenvalue weighted by Crippen LogP contribution is -2.23. The Labute approximate surface area is 213 Å². The molecule has 1 saturated heterocycles. The lowest BCUT2D eigenvalue weighted by atomic mass is 10.2. The second-order valence-electron chi connectivity index (χ2n) is 8.61. The third-order valence-corrected chi connectivity index (χ3v) is 7.56. The largest absolute Gasteiger partial charge is 0.495 e. The smallest absolute Gasteiger partial charge is 0.291 e. The summed E-state index contributed by atoms with van der Waals surface area (Å²) >= 11 is 0. The van der Waals surface area contributed by atoms with Gasteiger partial charge < -0.3 is 19.4 Å². The van der Waals surface area contributed by atoms with Gasteiger partial charge >= 0.3 is 0 Å². The van der Waals surface area contributed by atoms with Gasteiger partial charge in [0.25, 0.3) is 15.9 Å². The van der Waals surface area contributed by atoms with Gasteiger partial charge in [0.2, 0.25) is 0 Å². The molecule has 10 heteroatoms. The summed E-state index contributed by atoms with van der Waals surface area (Å²) in [5, 5.41) is 3.03. The first-order valence-electron chi connectivity index (χ1n) is 11.7. The highest BCUT2D eigenvalue weighted by Gasteiger charge is 2.26. The van der Waals surface area contributed by atoms with Crippen LogP contribution in [0.25, 0.3) is 11.0 Å². The van der Waals surface area contributed by atoms with Crippen molar-refractivity contribution in [1.82, 2.24) is 0 Å². The number of nitrogens with zero attached hydrogens (tertiary/aromatic N) is 1. The zero-order chi connectivity index (χ0) is 26.0. The molecule has 1 aromatic heterocycles. The van der Waals surface area contributed by atoms with Crippen LogP contribution in [-0.2, 0) is 10.0 Å². The summed E-state index contributed by atoms with van der Waals surface area (Å²) in [6, 6.07) is 19.2. The van der Waals surface area contributed by atoms with Crippen molar-refractivity contribution in [3.63, 3.8) is 0 Å². The number of nitrogens with one attached hydrogen (secondary N) is 2. The summed E-state index contributed by atoms with van der Waals surface area (Å²) in [7, 11) is -2.61. The maximum absolute atomic E-state index is 13.6. The average Bonchev–Trinajstić information content (AvgIpc) is 3.44. The first-order chi connectivity index (χ1) is 17.9. The predicted octanol–water partition coefficient (Wildman–Crippen LogP) is 4.45. The Morgan fingerprint density at radius 3 is 2.49 bits per heavy atom. The molecule has 4 aromatic rings. The summed E-state index contributed by atoms with van der Waals surface area (Å²) in [6.45, 7) is 1.45. The average molecular weight is 520 g/mol. The number of rotatable bonds is 7. The van der Waals surface area contributed by atoms with E-state index in [2.05, 4.69) is 10.0 Å². The fourth-order valence-corrected chi connectivity index (χ4v) is 5.69. The number of methoxy groups -OCH3 is 1. The molecule has 0 saturated carbocycles. The second kappa shape index (κ2) is 9.98. The number of anilines is 3. The summed E-state index contributed by atoms with van der Waals surface area (Å²) in [5.41, 5.74) is 1.01. The zero-order valence-electron chi connectivity index (χ0n) is 20.1. The van der Waals surface area contributed by atoms with Gasteiger partial charge in [0, 0.05) is 24.8 Å². The van der Waals surface area contributed by atoms with E-state index in [0.717, 1.165) is 32.0 Å². The first-order valence-corrected chi connectivity index (χ1v) is 13.2. The van der Waals surface area contributed by atoms with E-state index in [-0.39, 0.29) is 27.4 Å². The van der Waals surface area contributed by atoms with Crippen molar-refractivity contribution in [2.24, 2.45) is 0 Å². The number of amides is 1. The molecule has 2 N–H and O–H groups in total. The topological polar surface area (TPSA) is 118 Å². The molecule has 1 aliphatic rings. The highest BCUT2D eigenvalue weighted by atomic mass is 32.2. The van der Waals surface area contributed by atoms with Gasteiger partial charge in [0.1, 0.15) is 16.2 Å². The molecule has 1 fully saturated rings. The van der Waals surface area contributed by atoms with Crippen LogP contribution in [0, 0.1) is 0 Å². The third-order valence-electron chi connectivity index (χ3n) is 6.16. The Morgan fingerprint density at radius 1 is 0.973 bits per heavy atom. The third kappa shape index (κ3) is 5.01. The number of carbonyl (C=O) groups is 1. The van der Waals surface area contributed by atoms with Crippen LogP contribution >= 0.6 is 0 Å². The minimum absolute atomic E-state index is 0.0121. The molecular weight excluding hydrogens is 494 g/mol. The number of sulfonamides is 1.